The standard InChI is InChI=1S/C20H18F9NO4S/c21-18(22,23)14(32)17(15(33)19(24,25)26)10-12(5-6-30(17)16(34)20(27,28)29)9-11-1-3-13(4-2-11)35-8-7-31/h1-4,12,31H,5-10H2. The third kappa shape index (κ3) is 6.48. The maximum absolute atomic E-state index is 13.4. The van der Waals surface area contributed by atoms with Crippen molar-refractivity contribution in [1.29, 1.82) is 0 Å². The van der Waals surface area contributed by atoms with Crippen molar-refractivity contribution >= 4 is 29.2 Å². The van der Waals surface area contributed by atoms with E-state index in [9.17, 15) is 53.9 Å². The van der Waals surface area contributed by atoms with Crippen LogP contribution in [0.2, 0.25) is 0 Å². The van der Waals surface area contributed by atoms with Gasteiger partial charge in [-0.15, -0.1) is 11.8 Å². The SMILES string of the molecule is O=C(N1CCC(Cc2ccc(SCCO)cc2)CC1(C(=O)C(F)(F)F)C(=O)C(F)(F)F)C(F)(F)F. The first kappa shape index (κ1) is 28.9. The van der Waals surface area contributed by atoms with Gasteiger partial charge < -0.3 is 10.0 Å². The number of carbonyl (C=O) groups excluding carboxylic acids is 3. The summed E-state index contributed by atoms with van der Waals surface area (Å²) in [4.78, 5) is 36.0. The molecule has 1 saturated heterocycles. The molecule has 0 bridgehead atoms. The molecule has 1 aliphatic rings. The third-order valence-electron chi connectivity index (χ3n) is 5.37. The van der Waals surface area contributed by atoms with E-state index in [0.717, 1.165) is 0 Å². The lowest BCUT2D eigenvalue weighted by atomic mass is 9.72. The van der Waals surface area contributed by atoms with Gasteiger partial charge in [0.15, 0.2) is 5.54 Å². The molecule has 1 amide bonds. The molecule has 0 saturated carbocycles. The van der Waals surface area contributed by atoms with Crippen LogP contribution in [0.15, 0.2) is 29.2 Å². The van der Waals surface area contributed by atoms with E-state index in [-0.39, 0.29) is 13.0 Å². The van der Waals surface area contributed by atoms with Crippen LogP contribution in [0.5, 0.6) is 0 Å². The minimum atomic E-state index is -6.14. The summed E-state index contributed by atoms with van der Waals surface area (Å²) < 4.78 is 119. The number of ketones is 2. The number of aliphatic hydroxyl groups is 1. The number of hydrogen-bond acceptors (Lipinski definition) is 5. The summed E-state index contributed by atoms with van der Waals surface area (Å²) in [6.45, 7) is -1.44. The van der Waals surface area contributed by atoms with E-state index >= 15 is 0 Å². The summed E-state index contributed by atoms with van der Waals surface area (Å²) in [5.74, 6) is -10.8. The molecule has 1 aliphatic heterocycles. The number of aliphatic hydroxyl groups excluding tert-OH is 1. The molecule has 15 heteroatoms. The molecule has 1 heterocycles. The molecule has 2 rings (SSSR count). The fourth-order valence-corrected chi connectivity index (χ4v) is 4.61. The Kier molecular flexibility index (Phi) is 8.57. The maximum Gasteiger partial charge on any atom is 0.471 e. The summed E-state index contributed by atoms with van der Waals surface area (Å²) in [7, 11) is 0. The number of benzene rings is 1. The lowest BCUT2D eigenvalue weighted by Gasteiger charge is -2.47. The van der Waals surface area contributed by atoms with Crippen LogP contribution in [0, 0.1) is 5.92 Å². The van der Waals surface area contributed by atoms with Crippen LogP contribution in [0.1, 0.15) is 18.4 Å². The van der Waals surface area contributed by atoms with Crippen molar-refractivity contribution in [2.24, 2.45) is 5.92 Å². The molecule has 5 nitrogen and oxygen atoms in total. The quantitative estimate of drug-likeness (QED) is 0.321. The highest BCUT2D eigenvalue weighted by molar-refractivity contribution is 7.99. The van der Waals surface area contributed by atoms with Gasteiger partial charge in [0, 0.05) is 17.2 Å². The summed E-state index contributed by atoms with van der Waals surface area (Å²) >= 11 is 1.25. The van der Waals surface area contributed by atoms with E-state index in [2.05, 4.69) is 0 Å². The molecule has 1 atom stereocenters. The lowest BCUT2D eigenvalue weighted by Crippen LogP contribution is -2.72. The summed E-state index contributed by atoms with van der Waals surface area (Å²) in [6, 6.07) is 6.03. The Balaban J connectivity index is 2.52. The van der Waals surface area contributed by atoms with Crippen molar-refractivity contribution in [3.05, 3.63) is 29.8 Å². The average Bonchev–Trinajstić information content (AvgIpc) is 2.75. The summed E-state index contributed by atoms with van der Waals surface area (Å²) in [6.07, 6.45) is -20.6. The van der Waals surface area contributed by atoms with Gasteiger partial charge in [-0.2, -0.15) is 39.5 Å². The highest BCUT2D eigenvalue weighted by Gasteiger charge is 2.70. The number of halogens is 9. The van der Waals surface area contributed by atoms with E-state index in [0.29, 0.717) is 16.2 Å². The number of alkyl halides is 9. The normalized spacial score (nSPS) is 18.9. The Morgan fingerprint density at radius 1 is 0.914 bits per heavy atom. The van der Waals surface area contributed by atoms with Crippen LogP contribution in [0.3, 0.4) is 0 Å². The lowest BCUT2D eigenvalue weighted by molar-refractivity contribution is -0.216. The second kappa shape index (κ2) is 10.4. The van der Waals surface area contributed by atoms with Crippen LogP contribution in [-0.4, -0.2) is 70.5 Å². The summed E-state index contributed by atoms with van der Waals surface area (Å²) in [5, 5.41) is 8.83. The molecule has 0 aliphatic carbocycles. The van der Waals surface area contributed by atoms with Crippen LogP contribution in [0.4, 0.5) is 39.5 Å². The smallest absolute Gasteiger partial charge is 0.396 e. The molecule has 1 fully saturated rings. The van der Waals surface area contributed by atoms with E-state index in [1.54, 1.807) is 12.1 Å². The van der Waals surface area contributed by atoms with Crippen LogP contribution in [0.25, 0.3) is 0 Å². The first-order valence-electron chi connectivity index (χ1n) is 9.89. The zero-order valence-corrected chi connectivity index (χ0v) is 18.4. The van der Waals surface area contributed by atoms with Gasteiger partial charge in [0.2, 0.25) is 0 Å². The number of nitrogens with zero attached hydrogens (tertiary/aromatic N) is 1. The number of piperidine rings is 1. The Bertz CT molecular complexity index is 916. The average molecular weight is 539 g/mol. The Labute approximate surface area is 196 Å². The van der Waals surface area contributed by atoms with Gasteiger partial charge in [-0.1, -0.05) is 12.1 Å². The second-order valence-electron chi connectivity index (χ2n) is 7.75. The van der Waals surface area contributed by atoms with E-state index < -0.39 is 71.7 Å². The molecule has 1 aromatic rings. The zero-order valence-electron chi connectivity index (χ0n) is 17.6. The predicted octanol–water partition coefficient (Wildman–Crippen LogP) is 4.12. The molecule has 1 aromatic carbocycles. The molecule has 1 N–H and O–H groups in total. The van der Waals surface area contributed by atoms with Crippen molar-refractivity contribution < 1.29 is 59.0 Å². The zero-order chi connectivity index (χ0) is 26.8. The fourth-order valence-electron chi connectivity index (χ4n) is 3.96. The third-order valence-corrected chi connectivity index (χ3v) is 6.36. The number of amides is 1. The van der Waals surface area contributed by atoms with Gasteiger partial charge in [0.05, 0.1) is 6.61 Å². The molecule has 0 radical (unpaired) electrons. The Hall–Kier alpha value is -2.29. The number of likely N-dealkylation sites (tertiary alicyclic amines) is 1. The van der Waals surface area contributed by atoms with Crippen molar-refractivity contribution in [1.82, 2.24) is 4.90 Å². The number of thioether (sulfide) groups is 1. The molecular weight excluding hydrogens is 521 g/mol. The minimum Gasteiger partial charge on any atom is -0.396 e. The highest BCUT2D eigenvalue weighted by Crippen LogP contribution is 2.44. The number of carbonyl (C=O) groups is 3. The van der Waals surface area contributed by atoms with Gasteiger partial charge in [0.25, 0.3) is 11.6 Å². The van der Waals surface area contributed by atoms with Gasteiger partial charge in [-0.3, -0.25) is 14.4 Å². The van der Waals surface area contributed by atoms with Gasteiger partial charge >= 0.3 is 24.4 Å². The number of Topliss-reactive ketones (excluding diaryl/α,β-unsaturated/α-hetero) is 2. The van der Waals surface area contributed by atoms with Crippen molar-refractivity contribution in [3.63, 3.8) is 0 Å². The van der Waals surface area contributed by atoms with Crippen molar-refractivity contribution in [3.8, 4) is 0 Å². The molecule has 35 heavy (non-hydrogen) atoms. The van der Waals surface area contributed by atoms with Crippen LogP contribution >= 0.6 is 11.8 Å². The van der Waals surface area contributed by atoms with Crippen molar-refractivity contribution in [2.45, 2.75) is 48.2 Å². The fraction of sp³-hybridized carbons (Fsp3) is 0.550. The van der Waals surface area contributed by atoms with E-state index in [1.807, 2.05) is 0 Å². The van der Waals surface area contributed by atoms with E-state index in [1.165, 1.54) is 23.9 Å². The predicted molar refractivity (Wildman–Crippen MR) is 103 cm³/mol. The first-order chi connectivity index (χ1) is 15.9. The molecule has 1 unspecified atom stereocenters. The highest BCUT2D eigenvalue weighted by atomic mass is 32.2. The van der Waals surface area contributed by atoms with Crippen molar-refractivity contribution in [2.75, 3.05) is 18.9 Å². The number of rotatable bonds is 7. The van der Waals surface area contributed by atoms with Gasteiger partial charge in [0.1, 0.15) is 0 Å². The van der Waals surface area contributed by atoms with Crippen LogP contribution < -0.4 is 0 Å². The molecular formula is C20H18F9NO4S. The molecule has 0 spiro atoms. The monoisotopic (exact) mass is 539 g/mol. The van der Waals surface area contributed by atoms with Crippen LogP contribution in [-0.2, 0) is 20.8 Å². The summed E-state index contributed by atoms with van der Waals surface area (Å²) in [5.41, 5.74) is -4.07. The van der Waals surface area contributed by atoms with Gasteiger partial charge in [-0.05, 0) is 42.9 Å². The molecule has 0 aromatic heterocycles. The first-order valence-corrected chi connectivity index (χ1v) is 10.9. The molecule has 196 valence electrons. The second-order valence-corrected chi connectivity index (χ2v) is 8.92. The minimum absolute atomic E-state index is 0.121. The Morgan fingerprint density at radius 2 is 1.43 bits per heavy atom. The maximum atomic E-state index is 13.4. The topological polar surface area (TPSA) is 74.7 Å². The largest absolute Gasteiger partial charge is 0.471 e. The Morgan fingerprint density at radius 3 is 1.86 bits per heavy atom. The van der Waals surface area contributed by atoms with Gasteiger partial charge in [-0.25, -0.2) is 0 Å². The number of hydrogen-bond donors (Lipinski definition) is 1. The van der Waals surface area contributed by atoms with E-state index in [4.69, 9.17) is 5.11 Å².